The summed E-state index contributed by atoms with van der Waals surface area (Å²) < 4.78 is 67.5. The van der Waals surface area contributed by atoms with Crippen LogP contribution in [0.4, 0.5) is 22.0 Å². The molecular weight excluding hydrogens is 223 g/mol. The molecule has 89 valence electrons. The Balaban J connectivity index is 2.11. The first kappa shape index (κ1) is 12.6. The molecule has 1 aliphatic carbocycles. The van der Waals surface area contributed by atoms with E-state index in [9.17, 15) is 22.0 Å². The van der Waals surface area contributed by atoms with Crippen molar-refractivity contribution in [3.05, 3.63) is 6.92 Å². The Labute approximate surface area is 83.3 Å². The number of ether oxygens (including phenoxy) is 2. The van der Waals surface area contributed by atoms with Crippen LogP contribution in [0.1, 0.15) is 12.8 Å². The van der Waals surface area contributed by atoms with Gasteiger partial charge >= 0.3 is 6.36 Å². The molecule has 0 aliphatic heterocycles. The van der Waals surface area contributed by atoms with Gasteiger partial charge in [-0.15, -0.1) is 13.2 Å². The quantitative estimate of drug-likeness (QED) is 0.694. The van der Waals surface area contributed by atoms with Crippen molar-refractivity contribution >= 4 is 0 Å². The van der Waals surface area contributed by atoms with Gasteiger partial charge in [0.1, 0.15) is 6.61 Å². The van der Waals surface area contributed by atoms with Crippen molar-refractivity contribution < 1.29 is 31.4 Å². The summed E-state index contributed by atoms with van der Waals surface area (Å²) in [7, 11) is 0. The zero-order valence-corrected chi connectivity index (χ0v) is 7.69. The van der Waals surface area contributed by atoms with Gasteiger partial charge < -0.3 is 4.74 Å². The molecule has 1 aliphatic rings. The zero-order valence-electron chi connectivity index (χ0n) is 7.69. The molecule has 0 amide bonds. The maximum absolute atomic E-state index is 12.2. The number of hydrogen-bond donors (Lipinski definition) is 0. The summed E-state index contributed by atoms with van der Waals surface area (Å²) >= 11 is 0. The van der Waals surface area contributed by atoms with E-state index in [0.717, 1.165) is 0 Å². The van der Waals surface area contributed by atoms with Crippen molar-refractivity contribution in [1.29, 1.82) is 0 Å². The number of hydrogen-bond acceptors (Lipinski definition) is 2. The molecule has 1 rings (SSSR count). The van der Waals surface area contributed by atoms with E-state index in [1.807, 2.05) is 0 Å². The van der Waals surface area contributed by atoms with Crippen LogP contribution in [-0.2, 0) is 9.47 Å². The normalized spacial score (nSPS) is 27.6. The third-order valence-corrected chi connectivity index (χ3v) is 1.88. The molecule has 0 atom stereocenters. The number of rotatable bonds is 4. The highest BCUT2D eigenvalue weighted by Crippen LogP contribution is 2.32. The van der Waals surface area contributed by atoms with Crippen molar-refractivity contribution in [3.63, 3.8) is 0 Å². The average Bonchev–Trinajstić information content (AvgIpc) is 1.89. The Hall–Kier alpha value is -0.430. The predicted molar refractivity (Wildman–Crippen MR) is 40.2 cm³/mol. The second kappa shape index (κ2) is 4.21. The predicted octanol–water partition coefficient (Wildman–Crippen LogP) is 2.54. The van der Waals surface area contributed by atoms with Crippen molar-refractivity contribution in [1.82, 2.24) is 0 Å². The molecule has 0 spiro atoms. The largest absolute Gasteiger partial charge is 0.522 e. The highest BCUT2D eigenvalue weighted by molar-refractivity contribution is 4.82. The summed E-state index contributed by atoms with van der Waals surface area (Å²) in [4.78, 5) is 0. The molecule has 1 fully saturated rings. The molecular formula is C8H10F5O2. The minimum Gasteiger partial charge on any atom is -0.372 e. The molecule has 1 radical (unpaired) electrons. The summed E-state index contributed by atoms with van der Waals surface area (Å²) in [5, 5.41) is 0. The first-order valence-electron chi connectivity index (χ1n) is 4.25. The molecule has 0 unspecified atom stereocenters. The van der Waals surface area contributed by atoms with Crippen LogP contribution in [0.25, 0.3) is 0 Å². The first-order valence-corrected chi connectivity index (χ1v) is 4.25. The van der Waals surface area contributed by atoms with Crippen LogP contribution < -0.4 is 0 Å². The Bertz CT molecular complexity index is 204. The fourth-order valence-corrected chi connectivity index (χ4v) is 1.18. The third kappa shape index (κ3) is 5.27. The zero-order chi connectivity index (χ0) is 11.7. The van der Waals surface area contributed by atoms with E-state index in [1.165, 1.54) is 0 Å². The van der Waals surface area contributed by atoms with Gasteiger partial charge in [-0.25, -0.2) is 8.78 Å². The van der Waals surface area contributed by atoms with Crippen LogP contribution >= 0.6 is 0 Å². The average molecular weight is 233 g/mol. The number of halogens is 5. The molecule has 0 aromatic carbocycles. The Morgan fingerprint density at radius 1 is 1.07 bits per heavy atom. The van der Waals surface area contributed by atoms with Crippen LogP contribution in [-0.4, -0.2) is 31.1 Å². The Kier molecular flexibility index (Phi) is 3.55. The molecule has 0 aromatic heterocycles. The van der Waals surface area contributed by atoms with Crippen LogP contribution in [0.5, 0.6) is 0 Å². The summed E-state index contributed by atoms with van der Waals surface area (Å²) in [6, 6.07) is 0. The maximum Gasteiger partial charge on any atom is 0.522 e. The Morgan fingerprint density at radius 2 is 1.60 bits per heavy atom. The van der Waals surface area contributed by atoms with Crippen molar-refractivity contribution in [3.8, 4) is 0 Å². The second-order valence-corrected chi connectivity index (χ2v) is 3.45. The fraction of sp³-hybridized carbons (Fsp3) is 0.875. The molecule has 7 heteroatoms. The molecule has 0 N–H and O–H groups in total. The molecule has 1 saturated carbocycles. The van der Waals surface area contributed by atoms with E-state index in [4.69, 9.17) is 0 Å². The molecule has 0 heterocycles. The lowest BCUT2D eigenvalue weighted by molar-refractivity contribution is -0.357. The van der Waals surface area contributed by atoms with Gasteiger partial charge in [0.05, 0.1) is 12.2 Å². The second-order valence-electron chi connectivity index (χ2n) is 3.45. The van der Waals surface area contributed by atoms with Crippen LogP contribution in [0.3, 0.4) is 0 Å². The lowest BCUT2D eigenvalue weighted by Crippen LogP contribution is -2.42. The molecule has 0 bridgehead atoms. The number of alkyl halides is 5. The van der Waals surface area contributed by atoms with Crippen LogP contribution in [0, 0.1) is 6.92 Å². The van der Waals surface area contributed by atoms with Crippen LogP contribution in [0.2, 0.25) is 0 Å². The van der Waals surface area contributed by atoms with Gasteiger partial charge in [0.2, 0.25) is 0 Å². The van der Waals surface area contributed by atoms with E-state index in [2.05, 4.69) is 16.4 Å². The van der Waals surface area contributed by atoms with Gasteiger partial charge in [-0.3, -0.25) is 4.74 Å². The van der Waals surface area contributed by atoms with Crippen molar-refractivity contribution in [2.45, 2.75) is 37.3 Å². The third-order valence-electron chi connectivity index (χ3n) is 1.88. The van der Waals surface area contributed by atoms with Gasteiger partial charge in [-0.1, -0.05) is 0 Å². The van der Waals surface area contributed by atoms with E-state index in [-0.39, 0.29) is 12.8 Å². The monoisotopic (exact) mass is 233 g/mol. The van der Waals surface area contributed by atoms with Gasteiger partial charge in [0.15, 0.2) is 0 Å². The van der Waals surface area contributed by atoms with Crippen molar-refractivity contribution in [2.75, 3.05) is 6.61 Å². The summed E-state index contributed by atoms with van der Waals surface area (Å²) in [6.07, 6.45) is -6.28. The lowest BCUT2D eigenvalue weighted by Gasteiger charge is -2.35. The smallest absolute Gasteiger partial charge is 0.372 e. The highest BCUT2D eigenvalue weighted by atomic mass is 19.4. The topological polar surface area (TPSA) is 18.5 Å². The molecule has 15 heavy (non-hydrogen) atoms. The standard InChI is InChI=1S/C8H10F5O2/c1-7(9,10)4-14-5-2-6(3-5)15-8(11,12)13/h5-6H,1-4H2. The highest BCUT2D eigenvalue weighted by Gasteiger charge is 2.41. The van der Waals surface area contributed by atoms with Gasteiger partial charge in [-0.05, 0) is 0 Å². The minimum atomic E-state index is -4.67. The van der Waals surface area contributed by atoms with Gasteiger partial charge in [0, 0.05) is 19.8 Å². The lowest BCUT2D eigenvalue weighted by atomic mass is 9.92. The molecule has 0 saturated heterocycles. The first-order chi connectivity index (χ1) is 6.66. The van der Waals surface area contributed by atoms with E-state index in [0.29, 0.717) is 0 Å². The fourth-order valence-electron chi connectivity index (χ4n) is 1.18. The maximum atomic E-state index is 12.2. The SMILES string of the molecule is [CH2]C(F)(F)COC1CC(OC(F)(F)F)C1. The van der Waals surface area contributed by atoms with Gasteiger partial charge in [-0.2, -0.15) is 0 Å². The summed E-state index contributed by atoms with van der Waals surface area (Å²) in [5.41, 5.74) is 0. The summed E-state index contributed by atoms with van der Waals surface area (Å²) in [6.45, 7) is 1.63. The minimum absolute atomic E-state index is 0.0183. The molecule has 0 aromatic rings. The van der Waals surface area contributed by atoms with Crippen molar-refractivity contribution in [2.24, 2.45) is 0 Å². The summed E-state index contributed by atoms with van der Waals surface area (Å²) in [5.74, 6) is -3.20. The molecule has 2 nitrogen and oxygen atoms in total. The van der Waals surface area contributed by atoms with E-state index >= 15 is 0 Å². The van der Waals surface area contributed by atoms with Crippen LogP contribution in [0.15, 0.2) is 0 Å². The van der Waals surface area contributed by atoms with E-state index < -0.39 is 31.1 Å². The van der Waals surface area contributed by atoms with E-state index in [1.54, 1.807) is 0 Å². The Morgan fingerprint density at radius 3 is 2.00 bits per heavy atom. The van der Waals surface area contributed by atoms with Gasteiger partial charge in [0.25, 0.3) is 5.92 Å².